The first kappa shape index (κ1) is 18.3. The molecule has 1 fully saturated rings. The van der Waals surface area contributed by atoms with Crippen molar-refractivity contribution in [2.45, 2.75) is 19.8 Å². The van der Waals surface area contributed by atoms with Crippen LogP contribution in [0.25, 0.3) is 0 Å². The monoisotopic (exact) mass is 374 g/mol. The van der Waals surface area contributed by atoms with Crippen LogP contribution in [0.2, 0.25) is 0 Å². The minimum atomic E-state index is -3.25. The maximum Gasteiger partial charge on any atom is 0.255 e. The Labute approximate surface area is 153 Å². The Morgan fingerprint density at radius 2 is 1.77 bits per heavy atom. The van der Waals surface area contributed by atoms with Crippen LogP contribution in [0, 0.1) is 0 Å². The van der Waals surface area contributed by atoms with E-state index < -0.39 is 10.0 Å². The Kier molecular flexibility index (Phi) is 5.46. The number of nitrogens with zero attached hydrogens (tertiary/aromatic N) is 1. The van der Waals surface area contributed by atoms with Crippen molar-refractivity contribution >= 4 is 27.3 Å². The van der Waals surface area contributed by atoms with E-state index in [1.54, 1.807) is 48.5 Å². The van der Waals surface area contributed by atoms with Crippen molar-refractivity contribution in [2.24, 2.45) is 0 Å². The molecule has 0 spiro atoms. The highest BCUT2D eigenvalue weighted by molar-refractivity contribution is 7.92. The third kappa shape index (κ3) is 4.16. The van der Waals surface area contributed by atoms with Crippen LogP contribution in [0.5, 0.6) is 5.75 Å². The first-order valence-corrected chi connectivity index (χ1v) is 10.3. The smallest absolute Gasteiger partial charge is 0.255 e. The number of anilines is 2. The van der Waals surface area contributed by atoms with E-state index in [2.05, 4.69) is 5.32 Å². The van der Waals surface area contributed by atoms with Crippen molar-refractivity contribution in [3.05, 3.63) is 54.1 Å². The van der Waals surface area contributed by atoms with Gasteiger partial charge in [-0.2, -0.15) is 0 Å². The summed E-state index contributed by atoms with van der Waals surface area (Å²) in [6.45, 7) is 2.99. The molecule has 138 valence electrons. The van der Waals surface area contributed by atoms with Crippen LogP contribution in [-0.2, 0) is 10.0 Å². The van der Waals surface area contributed by atoms with Crippen LogP contribution in [0.3, 0.4) is 0 Å². The average Bonchev–Trinajstić information content (AvgIpc) is 2.63. The summed E-state index contributed by atoms with van der Waals surface area (Å²) in [5.74, 6) is 0.673. The van der Waals surface area contributed by atoms with Gasteiger partial charge in [0.15, 0.2) is 0 Å². The lowest BCUT2D eigenvalue weighted by Crippen LogP contribution is -2.37. The summed E-state index contributed by atoms with van der Waals surface area (Å²) in [5, 5.41) is 2.82. The predicted molar refractivity (Wildman–Crippen MR) is 102 cm³/mol. The van der Waals surface area contributed by atoms with Gasteiger partial charge in [0.05, 0.1) is 18.0 Å². The molecule has 1 N–H and O–H groups in total. The molecule has 1 heterocycles. The number of ether oxygens (including phenoxy) is 1. The highest BCUT2D eigenvalue weighted by Gasteiger charge is 2.25. The number of hydrogen-bond acceptors (Lipinski definition) is 4. The van der Waals surface area contributed by atoms with E-state index in [-0.39, 0.29) is 11.7 Å². The number of sulfonamides is 1. The lowest BCUT2D eigenvalue weighted by molar-refractivity contribution is 0.102. The summed E-state index contributed by atoms with van der Waals surface area (Å²) in [5.41, 5.74) is 1.74. The van der Waals surface area contributed by atoms with E-state index in [9.17, 15) is 13.2 Å². The average molecular weight is 374 g/mol. The van der Waals surface area contributed by atoms with E-state index in [4.69, 9.17) is 4.74 Å². The molecule has 6 nitrogen and oxygen atoms in total. The molecule has 2 aromatic rings. The molecule has 3 rings (SSSR count). The van der Waals surface area contributed by atoms with Gasteiger partial charge in [0.1, 0.15) is 5.75 Å². The molecule has 0 saturated carbocycles. The zero-order valence-electron chi connectivity index (χ0n) is 14.6. The van der Waals surface area contributed by atoms with Crippen LogP contribution in [-0.4, -0.2) is 33.2 Å². The van der Waals surface area contributed by atoms with Gasteiger partial charge < -0.3 is 10.1 Å². The number of hydrogen-bond donors (Lipinski definition) is 1. The van der Waals surface area contributed by atoms with E-state index >= 15 is 0 Å². The van der Waals surface area contributed by atoms with Gasteiger partial charge in [-0.15, -0.1) is 0 Å². The molecule has 0 atom stereocenters. The van der Waals surface area contributed by atoms with Gasteiger partial charge in [-0.25, -0.2) is 8.42 Å². The molecule has 26 heavy (non-hydrogen) atoms. The third-order valence-corrected chi connectivity index (χ3v) is 6.06. The van der Waals surface area contributed by atoms with Gasteiger partial charge in [0.2, 0.25) is 10.0 Å². The van der Waals surface area contributed by atoms with Crippen LogP contribution in [0.15, 0.2) is 48.5 Å². The third-order valence-electron chi connectivity index (χ3n) is 4.19. The first-order chi connectivity index (χ1) is 12.5. The summed E-state index contributed by atoms with van der Waals surface area (Å²) in [6, 6.07) is 13.8. The topological polar surface area (TPSA) is 75.7 Å². The molecule has 1 amide bonds. The second-order valence-electron chi connectivity index (χ2n) is 6.05. The zero-order valence-corrected chi connectivity index (χ0v) is 15.5. The summed E-state index contributed by atoms with van der Waals surface area (Å²) in [6.07, 6.45) is 1.54. The zero-order chi connectivity index (χ0) is 18.6. The number of amides is 1. The lowest BCUT2D eigenvalue weighted by atomic mass is 10.2. The van der Waals surface area contributed by atoms with Gasteiger partial charge in [-0.1, -0.05) is 0 Å². The number of nitrogens with one attached hydrogen (secondary N) is 1. The molecule has 7 heteroatoms. The summed E-state index contributed by atoms with van der Waals surface area (Å²) in [4.78, 5) is 12.4. The van der Waals surface area contributed by atoms with Crippen LogP contribution in [0.4, 0.5) is 11.4 Å². The van der Waals surface area contributed by atoms with Gasteiger partial charge >= 0.3 is 0 Å². The number of carbonyl (C=O) groups excluding carboxylic acids is 1. The van der Waals surface area contributed by atoms with Crippen molar-refractivity contribution < 1.29 is 17.9 Å². The first-order valence-electron chi connectivity index (χ1n) is 8.64. The fraction of sp³-hybridized carbons (Fsp3) is 0.316. The minimum Gasteiger partial charge on any atom is -0.494 e. The minimum absolute atomic E-state index is 0.174. The summed E-state index contributed by atoms with van der Waals surface area (Å²) < 4.78 is 31.1. The second kappa shape index (κ2) is 7.78. The van der Waals surface area contributed by atoms with E-state index in [0.29, 0.717) is 36.5 Å². The standard InChI is InChI=1S/C19H22N2O4S/c1-2-25-18-11-7-16(8-12-18)20-19(22)15-5-9-17(10-6-15)21-13-3-4-14-26(21,23)24/h5-12H,2-4,13-14H2,1H3,(H,20,22). The quantitative estimate of drug-likeness (QED) is 0.871. The predicted octanol–water partition coefficient (Wildman–Crippen LogP) is 3.27. The van der Waals surface area contributed by atoms with E-state index in [1.165, 1.54) is 4.31 Å². The number of carbonyl (C=O) groups is 1. The maximum absolute atomic E-state index is 12.4. The molecule has 0 bridgehead atoms. The van der Waals surface area contributed by atoms with Crippen molar-refractivity contribution in [1.29, 1.82) is 0 Å². The van der Waals surface area contributed by atoms with E-state index in [0.717, 1.165) is 12.2 Å². The molecule has 0 unspecified atom stereocenters. The summed E-state index contributed by atoms with van der Waals surface area (Å²) >= 11 is 0. The van der Waals surface area contributed by atoms with Gasteiger partial charge in [-0.3, -0.25) is 9.10 Å². The van der Waals surface area contributed by atoms with Crippen LogP contribution in [0.1, 0.15) is 30.1 Å². The molecular formula is C19H22N2O4S. The molecular weight excluding hydrogens is 352 g/mol. The fourth-order valence-electron chi connectivity index (χ4n) is 2.86. The Balaban J connectivity index is 1.69. The molecule has 1 saturated heterocycles. The number of benzene rings is 2. The highest BCUT2D eigenvalue weighted by Crippen LogP contribution is 2.24. The fourth-order valence-corrected chi connectivity index (χ4v) is 4.50. The second-order valence-corrected chi connectivity index (χ2v) is 8.07. The molecule has 1 aliphatic rings. The maximum atomic E-state index is 12.4. The highest BCUT2D eigenvalue weighted by atomic mass is 32.2. The normalized spacial score (nSPS) is 16.1. The molecule has 0 aliphatic carbocycles. The Morgan fingerprint density at radius 1 is 1.08 bits per heavy atom. The van der Waals surface area contributed by atoms with Crippen molar-refractivity contribution in [3.63, 3.8) is 0 Å². The van der Waals surface area contributed by atoms with Gasteiger partial charge in [0, 0.05) is 17.8 Å². The van der Waals surface area contributed by atoms with Gasteiger partial charge in [0.25, 0.3) is 5.91 Å². The van der Waals surface area contributed by atoms with Crippen molar-refractivity contribution in [1.82, 2.24) is 0 Å². The molecule has 1 aliphatic heterocycles. The Bertz CT molecular complexity index is 861. The van der Waals surface area contributed by atoms with E-state index in [1.807, 2.05) is 6.92 Å². The Hall–Kier alpha value is -2.54. The van der Waals surface area contributed by atoms with Crippen molar-refractivity contribution in [3.8, 4) is 5.75 Å². The van der Waals surface area contributed by atoms with Crippen molar-refractivity contribution in [2.75, 3.05) is 28.5 Å². The molecule has 2 aromatic carbocycles. The lowest BCUT2D eigenvalue weighted by Gasteiger charge is -2.28. The van der Waals surface area contributed by atoms with Gasteiger partial charge in [-0.05, 0) is 68.3 Å². The SMILES string of the molecule is CCOc1ccc(NC(=O)c2ccc(N3CCCCS3(=O)=O)cc2)cc1. The molecule has 0 radical (unpaired) electrons. The number of rotatable bonds is 5. The van der Waals surface area contributed by atoms with Crippen LogP contribution < -0.4 is 14.4 Å². The molecule has 0 aromatic heterocycles. The van der Waals surface area contributed by atoms with Crippen LogP contribution >= 0.6 is 0 Å². The Morgan fingerprint density at radius 3 is 2.38 bits per heavy atom. The summed E-state index contributed by atoms with van der Waals surface area (Å²) in [7, 11) is -3.25. The largest absolute Gasteiger partial charge is 0.494 e.